The average Bonchev–Trinajstić information content (AvgIpc) is 3.20. The van der Waals surface area contributed by atoms with Crippen LogP contribution < -0.4 is 0 Å². The number of hydrogen-bond acceptors (Lipinski definition) is 4. The molecule has 2 aliphatic heterocycles. The number of fused-ring (bicyclic) bond motifs is 1. The van der Waals surface area contributed by atoms with E-state index in [2.05, 4.69) is 34.4 Å². The summed E-state index contributed by atoms with van der Waals surface area (Å²) in [6.07, 6.45) is 6.64. The molecule has 124 valence electrons. The highest BCUT2D eigenvalue weighted by molar-refractivity contribution is 5.71. The predicted octanol–water partition coefficient (Wildman–Crippen LogP) is 3.33. The zero-order valence-electron chi connectivity index (χ0n) is 14.1. The molecule has 2 aliphatic rings. The minimum atomic E-state index is 0.131. The van der Waals surface area contributed by atoms with Crippen LogP contribution in [-0.2, 0) is 4.74 Å². The molecule has 0 amide bonds. The van der Waals surface area contributed by atoms with E-state index in [0.29, 0.717) is 12.1 Å². The standard InChI is InChI=1S/C18H26N4O/c1-13(2)21-10-8-14(12-21)22-17-15(6-5-9-19-17)20-18(22)16-7-3-4-11-23-16/h5-6,9,13-14,16H,3-4,7-8,10-12H2,1-2H3. The van der Waals surface area contributed by atoms with Crippen molar-refractivity contribution >= 4 is 11.2 Å². The summed E-state index contributed by atoms with van der Waals surface area (Å²) in [4.78, 5) is 12.1. The lowest BCUT2D eigenvalue weighted by molar-refractivity contribution is 0.00683. The second-order valence-electron chi connectivity index (χ2n) is 7.07. The van der Waals surface area contributed by atoms with Crippen molar-refractivity contribution in [3.05, 3.63) is 24.2 Å². The molecular formula is C18H26N4O. The van der Waals surface area contributed by atoms with Gasteiger partial charge in [0.25, 0.3) is 0 Å². The van der Waals surface area contributed by atoms with Crippen molar-refractivity contribution in [1.82, 2.24) is 19.4 Å². The molecule has 23 heavy (non-hydrogen) atoms. The van der Waals surface area contributed by atoms with Gasteiger partial charge < -0.3 is 9.30 Å². The fourth-order valence-corrected chi connectivity index (χ4v) is 3.93. The maximum absolute atomic E-state index is 6.04. The Labute approximate surface area is 137 Å². The molecule has 0 aliphatic carbocycles. The van der Waals surface area contributed by atoms with Crippen molar-refractivity contribution < 1.29 is 4.74 Å². The first-order valence-electron chi connectivity index (χ1n) is 8.92. The Bertz CT molecular complexity index is 675. The molecule has 0 spiro atoms. The summed E-state index contributed by atoms with van der Waals surface area (Å²) >= 11 is 0. The first-order chi connectivity index (χ1) is 11.2. The van der Waals surface area contributed by atoms with Crippen LogP contribution in [0.15, 0.2) is 18.3 Å². The summed E-state index contributed by atoms with van der Waals surface area (Å²) in [5.41, 5.74) is 2.02. The van der Waals surface area contributed by atoms with E-state index in [1.54, 1.807) is 0 Å². The summed E-state index contributed by atoms with van der Waals surface area (Å²) in [7, 11) is 0. The van der Waals surface area contributed by atoms with Gasteiger partial charge in [0.15, 0.2) is 5.65 Å². The molecule has 2 atom stereocenters. The highest BCUT2D eigenvalue weighted by atomic mass is 16.5. The fourth-order valence-electron chi connectivity index (χ4n) is 3.93. The number of aromatic nitrogens is 3. The zero-order chi connectivity index (χ0) is 15.8. The quantitative estimate of drug-likeness (QED) is 0.871. The highest BCUT2D eigenvalue weighted by Gasteiger charge is 2.32. The van der Waals surface area contributed by atoms with Gasteiger partial charge in [-0.05, 0) is 51.7 Å². The van der Waals surface area contributed by atoms with Crippen molar-refractivity contribution in [3.8, 4) is 0 Å². The molecule has 5 heteroatoms. The van der Waals surface area contributed by atoms with Crippen LogP contribution in [0.1, 0.15) is 57.5 Å². The van der Waals surface area contributed by atoms with E-state index >= 15 is 0 Å². The number of nitrogens with zero attached hydrogens (tertiary/aromatic N) is 4. The number of imidazole rings is 1. The SMILES string of the molecule is CC(C)N1CCC(n2c(C3CCCCO3)nc3cccnc32)C1. The summed E-state index contributed by atoms with van der Waals surface area (Å²) in [6, 6.07) is 5.09. The second-order valence-corrected chi connectivity index (χ2v) is 7.07. The molecule has 2 aromatic heterocycles. The smallest absolute Gasteiger partial charge is 0.160 e. The van der Waals surface area contributed by atoms with Gasteiger partial charge in [-0.25, -0.2) is 9.97 Å². The lowest BCUT2D eigenvalue weighted by Crippen LogP contribution is -2.29. The van der Waals surface area contributed by atoms with Crippen molar-refractivity contribution in [2.45, 2.75) is 57.7 Å². The molecule has 2 fully saturated rings. The zero-order valence-corrected chi connectivity index (χ0v) is 14.1. The molecule has 2 aromatic rings. The van der Waals surface area contributed by atoms with Crippen LogP contribution in [0.2, 0.25) is 0 Å². The summed E-state index contributed by atoms with van der Waals surface area (Å²) < 4.78 is 8.43. The Kier molecular flexibility index (Phi) is 4.07. The molecule has 2 unspecified atom stereocenters. The molecule has 0 radical (unpaired) electrons. The number of ether oxygens (including phenoxy) is 1. The molecule has 5 nitrogen and oxygen atoms in total. The third-order valence-corrected chi connectivity index (χ3v) is 5.23. The van der Waals surface area contributed by atoms with E-state index in [0.717, 1.165) is 43.1 Å². The van der Waals surface area contributed by atoms with Crippen molar-refractivity contribution in [1.29, 1.82) is 0 Å². The van der Waals surface area contributed by atoms with Crippen molar-refractivity contribution in [2.75, 3.05) is 19.7 Å². The van der Waals surface area contributed by atoms with Gasteiger partial charge in [-0.2, -0.15) is 0 Å². The van der Waals surface area contributed by atoms with Gasteiger partial charge in [-0.15, -0.1) is 0 Å². The van der Waals surface area contributed by atoms with Crippen LogP contribution in [-0.4, -0.2) is 45.2 Å². The lowest BCUT2D eigenvalue weighted by atomic mass is 10.1. The lowest BCUT2D eigenvalue weighted by Gasteiger charge is -2.26. The summed E-state index contributed by atoms with van der Waals surface area (Å²) in [5, 5.41) is 0. The predicted molar refractivity (Wildman–Crippen MR) is 90.4 cm³/mol. The topological polar surface area (TPSA) is 43.2 Å². The molecule has 0 bridgehead atoms. The van der Waals surface area contributed by atoms with E-state index in [-0.39, 0.29) is 6.10 Å². The largest absolute Gasteiger partial charge is 0.370 e. The van der Waals surface area contributed by atoms with Crippen molar-refractivity contribution in [3.63, 3.8) is 0 Å². The van der Waals surface area contributed by atoms with Gasteiger partial charge in [0.05, 0.1) is 6.04 Å². The van der Waals surface area contributed by atoms with Crippen LogP contribution in [0, 0.1) is 0 Å². The maximum atomic E-state index is 6.04. The molecule has 0 saturated carbocycles. The monoisotopic (exact) mass is 314 g/mol. The molecular weight excluding hydrogens is 288 g/mol. The van der Waals surface area contributed by atoms with Gasteiger partial charge in [-0.3, -0.25) is 4.90 Å². The average molecular weight is 314 g/mol. The molecule has 4 heterocycles. The molecule has 0 aromatic carbocycles. The third kappa shape index (κ3) is 2.76. The Balaban J connectivity index is 1.74. The third-order valence-electron chi connectivity index (χ3n) is 5.23. The van der Waals surface area contributed by atoms with Gasteiger partial charge >= 0.3 is 0 Å². The second kappa shape index (κ2) is 6.21. The van der Waals surface area contributed by atoms with E-state index in [1.807, 2.05) is 12.3 Å². The Hall–Kier alpha value is -1.46. The normalized spacial score (nSPS) is 26.4. The number of likely N-dealkylation sites (tertiary alicyclic amines) is 1. The fraction of sp³-hybridized carbons (Fsp3) is 0.667. The Morgan fingerprint density at radius 1 is 1.26 bits per heavy atom. The summed E-state index contributed by atoms with van der Waals surface area (Å²) in [5.74, 6) is 1.09. The van der Waals surface area contributed by atoms with Crippen LogP contribution in [0.5, 0.6) is 0 Å². The minimum absolute atomic E-state index is 0.131. The van der Waals surface area contributed by atoms with Crippen LogP contribution in [0.3, 0.4) is 0 Å². The Morgan fingerprint density at radius 2 is 2.17 bits per heavy atom. The first kappa shape index (κ1) is 15.1. The number of hydrogen-bond donors (Lipinski definition) is 0. The van der Waals surface area contributed by atoms with Crippen molar-refractivity contribution in [2.24, 2.45) is 0 Å². The molecule has 4 rings (SSSR count). The Morgan fingerprint density at radius 3 is 2.91 bits per heavy atom. The van der Waals surface area contributed by atoms with Crippen LogP contribution in [0.25, 0.3) is 11.2 Å². The minimum Gasteiger partial charge on any atom is -0.370 e. The number of pyridine rings is 1. The van der Waals surface area contributed by atoms with E-state index in [1.165, 1.54) is 19.3 Å². The molecule has 0 N–H and O–H groups in total. The van der Waals surface area contributed by atoms with Crippen LogP contribution in [0.4, 0.5) is 0 Å². The molecule has 2 saturated heterocycles. The van der Waals surface area contributed by atoms with E-state index in [9.17, 15) is 0 Å². The number of rotatable bonds is 3. The van der Waals surface area contributed by atoms with E-state index in [4.69, 9.17) is 9.72 Å². The first-order valence-corrected chi connectivity index (χ1v) is 8.92. The van der Waals surface area contributed by atoms with Gasteiger partial charge in [0, 0.05) is 31.9 Å². The summed E-state index contributed by atoms with van der Waals surface area (Å²) in [6.45, 7) is 7.64. The van der Waals surface area contributed by atoms with Gasteiger partial charge in [0.1, 0.15) is 17.4 Å². The highest BCUT2D eigenvalue weighted by Crippen LogP contribution is 2.34. The van der Waals surface area contributed by atoms with Crippen LogP contribution >= 0.6 is 0 Å². The maximum Gasteiger partial charge on any atom is 0.160 e. The van der Waals surface area contributed by atoms with Gasteiger partial charge in [-0.1, -0.05) is 0 Å². The van der Waals surface area contributed by atoms with Gasteiger partial charge in [0.2, 0.25) is 0 Å². The van der Waals surface area contributed by atoms with E-state index < -0.39 is 0 Å².